The maximum absolute atomic E-state index is 11.6. The molecule has 0 saturated carbocycles. The number of hydrogen-bond acceptors (Lipinski definition) is 4. The van der Waals surface area contributed by atoms with Crippen molar-refractivity contribution in [2.75, 3.05) is 25.1 Å². The Bertz CT molecular complexity index is 474. The third-order valence-corrected chi connectivity index (χ3v) is 2.56. The van der Waals surface area contributed by atoms with Gasteiger partial charge in [0.2, 0.25) is 0 Å². The van der Waals surface area contributed by atoms with Gasteiger partial charge < -0.3 is 20.5 Å². The second kappa shape index (κ2) is 8.16. The molecule has 0 aliphatic carbocycles. The van der Waals surface area contributed by atoms with Crippen molar-refractivity contribution in [3.63, 3.8) is 0 Å². The van der Waals surface area contributed by atoms with Crippen LogP contribution in [0.3, 0.4) is 0 Å². The highest BCUT2D eigenvalue weighted by atomic mass is 16.5. The zero-order chi connectivity index (χ0) is 15.0. The van der Waals surface area contributed by atoms with Crippen molar-refractivity contribution >= 4 is 17.5 Å². The van der Waals surface area contributed by atoms with Crippen LogP contribution in [0.25, 0.3) is 0 Å². The van der Waals surface area contributed by atoms with E-state index in [4.69, 9.17) is 4.74 Å². The summed E-state index contributed by atoms with van der Waals surface area (Å²) in [5.41, 5.74) is 1.07. The lowest BCUT2D eigenvalue weighted by molar-refractivity contribution is -0.136. The number of phenolic OH excluding ortho intramolecular Hbond substituents is 1. The number of amides is 2. The van der Waals surface area contributed by atoms with E-state index in [1.165, 1.54) is 6.07 Å². The Morgan fingerprint density at radius 2 is 2.05 bits per heavy atom. The van der Waals surface area contributed by atoms with Gasteiger partial charge in [0.15, 0.2) is 0 Å². The monoisotopic (exact) mass is 280 g/mol. The molecule has 3 N–H and O–H groups in total. The summed E-state index contributed by atoms with van der Waals surface area (Å²) >= 11 is 0. The van der Waals surface area contributed by atoms with Crippen LogP contribution < -0.4 is 10.6 Å². The first kappa shape index (κ1) is 16.0. The Labute approximate surface area is 118 Å². The Morgan fingerprint density at radius 3 is 2.70 bits per heavy atom. The van der Waals surface area contributed by atoms with Gasteiger partial charge in [-0.05, 0) is 38.0 Å². The summed E-state index contributed by atoms with van der Waals surface area (Å²) in [6, 6.07) is 4.79. The topological polar surface area (TPSA) is 87.7 Å². The lowest BCUT2D eigenvalue weighted by Gasteiger charge is -2.08. The van der Waals surface area contributed by atoms with Crippen molar-refractivity contribution in [3.8, 4) is 5.75 Å². The van der Waals surface area contributed by atoms with Gasteiger partial charge in [0.05, 0.1) is 5.69 Å². The number of hydrogen-bond donors (Lipinski definition) is 3. The minimum absolute atomic E-state index is 0.0671. The lowest BCUT2D eigenvalue weighted by Crippen LogP contribution is -2.36. The van der Waals surface area contributed by atoms with E-state index in [0.29, 0.717) is 26.2 Å². The van der Waals surface area contributed by atoms with Gasteiger partial charge in [0, 0.05) is 19.8 Å². The fourth-order valence-electron chi connectivity index (χ4n) is 1.53. The van der Waals surface area contributed by atoms with E-state index in [2.05, 4.69) is 10.6 Å². The fraction of sp³-hybridized carbons (Fsp3) is 0.429. The number of aromatic hydroxyl groups is 1. The van der Waals surface area contributed by atoms with Gasteiger partial charge >= 0.3 is 11.8 Å². The van der Waals surface area contributed by atoms with E-state index in [0.717, 1.165) is 5.56 Å². The summed E-state index contributed by atoms with van der Waals surface area (Å²) in [6.45, 7) is 5.24. The summed E-state index contributed by atoms with van der Waals surface area (Å²) in [7, 11) is 0. The number of carbonyl (C=O) groups excluding carboxylic acids is 2. The largest absolute Gasteiger partial charge is 0.506 e. The van der Waals surface area contributed by atoms with Crippen LogP contribution in [0.2, 0.25) is 0 Å². The highest BCUT2D eigenvalue weighted by molar-refractivity contribution is 6.39. The maximum Gasteiger partial charge on any atom is 0.313 e. The van der Waals surface area contributed by atoms with Crippen molar-refractivity contribution < 1.29 is 19.4 Å². The molecule has 0 saturated heterocycles. The Kier molecular flexibility index (Phi) is 6.52. The van der Waals surface area contributed by atoms with Crippen LogP contribution in [0.1, 0.15) is 18.9 Å². The Morgan fingerprint density at radius 1 is 1.30 bits per heavy atom. The third-order valence-electron chi connectivity index (χ3n) is 2.56. The average Bonchev–Trinajstić information content (AvgIpc) is 2.41. The molecule has 0 spiro atoms. The quantitative estimate of drug-likeness (QED) is 0.415. The van der Waals surface area contributed by atoms with E-state index >= 15 is 0 Å². The number of aryl methyl sites for hydroxylation is 1. The van der Waals surface area contributed by atoms with E-state index in [9.17, 15) is 14.7 Å². The van der Waals surface area contributed by atoms with Crippen LogP contribution in [-0.2, 0) is 14.3 Å². The zero-order valence-corrected chi connectivity index (χ0v) is 11.7. The summed E-state index contributed by atoms with van der Waals surface area (Å²) < 4.78 is 5.11. The highest BCUT2D eigenvalue weighted by Gasteiger charge is 2.14. The number of carbonyl (C=O) groups is 2. The van der Waals surface area contributed by atoms with Gasteiger partial charge in [-0.1, -0.05) is 6.07 Å². The van der Waals surface area contributed by atoms with Gasteiger partial charge in [0.1, 0.15) is 5.75 Å². The smallest absolute Gasteiger partial charge is 0.313 e. The average molecular weight is 280 g/mol. The van der Waals surface area contributed by atoms with Crippen molar-refractivity contribution in [3.05, 3.63) is 23.8 Å². The molecule has 2 amide bonds. The van der Waals surface area contributed by atoms with Crippen molar-refractivity contribution in [1.82, 2.24) is 5.32 Å². The standard InChI is InChI=1S/C14H20N2O4/c1-3-20-8-4-7-15-13(18)14(19)16-11-6-5-10(2)9-12(11)17/h5-6,9,17H,3-4,7-8H2,1-2H3,(H,15,18)(H,16,19). The van der Waals surface area contributed by atoms with Crippen LogP contribution >= 0.6 is 0 Å². The molecule has 110 valence electrons. The van der Waals surface area contributed by atoms with Crippen LogP contribution in [0.4, 0.5) is 5.69 Å². The molecule has 1 aromatic rings. The zero-order valence-electron chi connectivity index (χ0n) is 11.7. The van der Waals surface area contributed by atoms with Crippen molar-refractivity contribution in [2.24, 2.45) is 0 Å². The summed E-state index contributed by atoms with van der Waals surface area (Å²) in [5.74, 6) is -1.61. The normalized spacial score (nSPS) is 10.1. The van der Waals surface area contributed by atoms with E-state index in [1.807, 2.05) is 13.8 Å². The van der Waals surface area contributed by atoms with Crippen molar-refractivity contribution in [2.45, 2.75) is 20.3 Å². The van der Waals surface area contributed by atoms with Crippen LogP contribution in [-0.4, -0.2) is 36.7 Å². The second-order valence-electron chi connectivity index (χ2n) is 4.28. The van der Waals surface area contributed by atoms with Gasteiger partial charge in [-0.15, -0.1) is 0 Å². The number of ether oxygens (including phenoxy) is 1. The first-order chi connectivity index (χ1) is 9.54. The number of benzene rings is 1. The molecular weight excluding hydrogens is 260 g/mol. The molecule has 0 fully saturated rings. The van der Waals surface area contributed by atoms with Gasteiger partial charge in [-0.25, -0.2) is 0 Å². The Hall–Kier alpha value is -2.08. The first-order valence-electron chi connectivity index (χ1n) is 6.51. The van der Waals surface area contributed by atoms with Crippen molar-refractivity contribution in [1.29, 1.82) is 0 Å². The summed E-state index contributed by atoms with van der Waals surface area (Å²) in [5, 5.41) is 14.5. The van der Waals surface area contributed by atoms with Crippen LogP contribution in [0, 0.1) is 6.92 Å². The molecule has 6 heteroatoms. The first-order valence-corrected chi connectivity index (χ1v) is 6.51. The molecule has 1 aromatic carbocycles. The molecule has 1 rings (SSSR count). The molecule has 0 heterocycles. The van der Waals surface area contributed by atoms with E-state index in [-0.39, 0.29) is 11.4 Å². The number of rotatable bonds is 6. The molecule has 0 unspecified atom stereocenters. The second-order valence-corrected chi connectivity index (χ2v) is 4.28. The molecule has 0 atom stereocenters. The minimum Gasteiger partial charge on any atom is -0.506 e. The fourth-order valence-corrected chi connectivity index (χ4v) is 1.53. The molecule has 0 bridgehead atoms. The van der Waals surface area contributed by atoms with E-state index < -0.39 is 11.8 Å². The maximum atomic E-state index is 11.6. The predicted octanol–water partition coefficient (Wildman–Crippen LogP) is 1.18. The predicted molar refractivity (Wildman–Crippen MR) is 75.6 cm³/mol. The number of phenols is 1. The summed E-state index contributed by atoms with van der Waals surface area (Å²) in [6.07, 6.45) is 0.642. The van der Waals surface area contributed by atoms with E-state index in [1.54, 1.807) is 12.1 Å². The SMILES string of the molecule is CCOCCCNC(=O)C(=O)Nc1ccc(C)cc1O. The third kappa shape index (κ3) is 5.27. The lowest BCUT2D eigenvalue weighted by atomic mass is 10.2. The molecule has 0 aliphatic rings. The molecule has 0 aliphatic heterocycles. The molecule has 0 radical (unpaired) electrons. The highest BCUT2D eigenvalue weighted by Crippen LogP contribution is 2.23. The molecule has 20 heavy (non-hydrogen) atoms. The van der Waals surface area contributed by atoms with Gasteiger partial charge in [-0.2, -0.15) is 0 Å². The van der Waals surface area contributed by atoms with Crippen LogP contribution in [0.5, 0.6) is 5.75 Å². The molecule has 6 nitrogen and oxygen atoms in total. The van der Waals surface area contributed by atoms with Gasteiger partial charge in [0.25, 0.3) is 0 Å². The minimum atomic E-state index is -0.805. The molecule has 0 aromatic heterocycles. The Balaban J connectivity index is 2.39. The summed E-state index contributed by atoms with van der Waals surface area (Å²) in [4.78, 5) is 23.1. The molecular formula is C14H20N2O4. The number of anilines is 1. The van der Waals surface area contributed by atoms with Gasteiger partial charge in [-0.3, -0.25) is 9.59 Å². The number of nitrogens with one attached hydrogen (secondary N) is 2. The van der Waals surface area contributed by atoms with Crippen LogP contribution in [0.15, 0.2) is 18.2 Å².